The average Bonchev–Trinajstić information content (AvgIpc) is 3.20. The van der Waals surface area contributed by atoms with Gasteiger partial charge < -0.3 is 19.9 Å². The van der Waals surface area contributed by atoms with Gasteiger partial charge in [-0.3, -0.25) is 9.59 Å². The summed E-state index contributed by atoms with van der Waals surface area (Å²) in [6, 6.07) is 4.88. The zero-order chi connectivity index (χ0) is 14.0. The van der Waals surface area contributed by atoms with E-state index in [1.165, 1.54) is 14.2 Å². The Morgan fingerprint density at radius 3 is 2.32 bits per heavy atom. The van der Waals surface area contributed by atoms with Crippen molar-refractivity contribution in [2.24, 2.45) is 5.41 Å². The van der Waals surface area contributed by atoms with Crippen LogP contribution in [0.5, 0.6) is 11.5 Å². The summed E-state index contributed by atoms with van der Waals surface area (Å²) in [7, 11) is 3.00. The van der Waals surface area contributed by atoms with E-state index in [1.807, 2.05) is 0 Å². The second-order valence-corrected chi connectivity index (χ2v) is 4.41. The van der Waals surface area contributed by atoms with Gasteiger partial charge >= 0.3 is 5.97 Å². The third-order valence-electron chi connectivity index (χ3n) is 3.24. The van der Waals surface area contributed by atoms with E-state index in [-0.39, 0.29) is 0 Å². The maximum Gasteiger partial charge on any atom is 0.319 e. The molecule has 1 fully saturated rings. The van der Waals surface area contributed by atoms with Crippen LogP contribution in [-0.2, 0) is 9.59 Å². The molecule has 2 N–H and O–H groups in total. The van der Waals surface area contributed by atoms with Crippen molar-refractivity contribution in [3.63, 3.8) is 0 Å². The molecule has 1 aromatic carbocycles. The second kappa shape index (κ2) is 4.79. The average molecular weight is 265 g/mol. The number of ether oxygens (including phenoxy) is 2. The van der Waals surface area contributed by atoms with Crippen molar-refractivity contribution in [2.75, 3.05) is 19.5 Å². The molecule has 19 heavy (non-hydrogen) atoms. The molecule has 1 aliphatic rings. The maximum absolute atomic E-state index is 11.9. The van der Waals surface area contributed by atoms with Gasteiger partial charge in [-0.25, -0.2) is 0 Å². The number of methoxy groups -OCH3 is 2. The molecule has 1 aromatic rings. The predicted molar refractivity (Wildman–Crippen MR) is 67.5 cm³/mol. The molecule has 0 bridgehead atoms. The van der Waals surface area contributed by atoms with Crippen LogP contribution in [0.1, 0.15) is 12.8 Å². The minimum Gasteiger partial charge on any atom is -0.493 e. The van der Waals surface area contributed by atoms with Crippen molar-refractivity contribution < 1.29 is 24.2 Å². The first kappa shape index (κ1) is 13.2. The first-order valence-electron chi connectivity index (χ1n) is 5.80. The zero-order valence-electron chi connectivity index (χ0n) is 10.7. The Bertz CT molecular complexity index is 522. The van der Waals surface area contributed by atoms with Crippen LogP contribution < -0.4 is 14.8 Å². The molecule has 0 saturated heterocycles. The van der Waals surface area contributed by atoms with Crippen LogP contribution in [0.15, 0.2) is 18.2 Å². The second-order valence-electron chi connectivity index (χ2n) is 4.41. The lowest BCUT2D eigenvalue weighted by Crippen LogP contribution is -2.31. The Kier molecular flexibility index (Phi) is 3.33. The third-order valence-corrected chi connectivity index (χ3v) is 3.24. The standard InChI is InChI=1S/C13H15NO5/c1-18-9-4-3-8(7-10(9)19-2)14-11(15)13(5-6-13)12(16)17/h3-4,7H,5-6H2,1-2H3,(H,14,15)(H,16,17). The number of aliphatic carboxylic acids is 1. The fourth-order valence-corrected chi connectivity index (χ4v) is 1.83. The van der Waals surface area contributed by atoms with Crippen molar-refractivity contribution in [3.05, 3.63) is 18.2 Å². The lowest BCUT2D eigenvalue weighted by atomic mass is 10.1. The van der Waals surface area contributed by atoms with Gasteiger partial charge in [0.05, 0.1) is 14.2 Å². The van der Waals surface area contributed by atoms with Gasteiger partial charge in [-0.05, 0) is 25.0 Å². The van der Waals surface area contributed by atoms with Gasteiger partial charge in [-0.2, -0.15) is 0 Å². The minimum absolute atomic E-state index is 0.376. The minimum atomic E-state index is -1.26. The molecule has 0 spiro atoms. The van der Waals surface area contributed by atoms with Gasteiger partial charge in [0.1, 0.15) is 5.41 Å². The van der Waals surface area contributed by atoms with Crippen LogP contribution >= 0.6 is 0 Å². The summed E-state index contributed by atoms with van der Waals surface area (Å²) in [6.45, 7) is 0. The van der Waals surface area contributed by atoms with E-state index >= 15 is 0 Å². The molecular formula is C13H15NO5. The number of carboxylic acid groups (broad SMARTS) is 1. The van der Waals surface area contributed by atoms with Crippen molar-refractivity contribution >= 4 is 17.6 Å². The monoisotopic (exact) mass is 265 g/mol. The number of carbonyl (C=O) groups excluding carboxylic acids is 1. The van der Waals surface area contributed by atoms with Crippen LogP contribution in [0.4, 0.5) is 5.69 Å². The van der Waals surface area contributed by atoms with E-state index < -0.39 is 17.3 Å². The SMILES string of the molecule is COc1ccc(NC(=O)C2(C(=O)O)CC2)cc1OC. The molecule has 0 unspecified atom stereocenters. The Morgan fingerprint density at radius 2 is 1.84 bits per heavy atom. The molecule has 0 radical (unpaired) electrons. The number of carbonyl (C=O) groups is 2. The lowest BCUT2D eigenvalue weighted by Gasteiger charge is -2.13. The van der Waals surface area contributed by atoms with E-state index in [4.69, 9.17) is 14.6 Å². The fraction of sp³-hybridized carbons (Fsp3) is 0.385. The van der Waals surface area contributed by atoms with Crippen LogP contribution in [-0.4, -0.2) is 31.2 Å². The van der Waals surface area contributed by atoms with Gasteiger partial charge in [-0.1, -0.05) is 0 Å². The van der Waals surface area contributed by atoms with Gasteiger partial charge in [0.25, 0.3) is 0 Å². The highest BCUT2D eigenvalue weighted by molar-refractivity contribution is 6.10. The van der Waals surface area contributed by atoms with Gasteiger partial charge in [0, 0.05) is 11.8 Å². The molecular weight excluding hydrogens is 250 g/mol. The summed E-state index contributed by atoms with van der Waals surface area (Å²) in [5, 5.41) is 11.6. The predicted octanol–water partition coefficient (Wildman–Crippen LogP) is 1.51. The number of nitrogens with one attached hydrogen (secondary N) is 1. The number of hydrogen-bond donors (Lipinski definition) is 2. The fourth-order valence-electron chi connectivity index (χ4n) is 1.83. The highest BCUT2D eigenvalue weighted by atomic mass is 16.5. The first-order chi connectivity index (χ1) is 9.03. The largest absolute Gasteiger partial charge is 0.493 e. The topological polar surface area (TPSA) is 84.9 Å². The highest BCUT2D eigenvalue weighted by Crippen LogP contribution is 2.47. The van der Waals surface area contributed by atoms with Crippen LogP contribution in [0.2, 0.25) is 0 Å². The van der Waals surface area contributed by atoms with E-state index in [1.54, 1.807) is 18.2 Å². The number of hydrogen-bond acceptors (Lipinski definition) is 4. The number of anilines is 1. The normalized spacial score (nSPS) is 15.5. The zero-order valence-corrected chi connectivity index (χ0v) is 10.7. The summed E-state index contributed by atoms with van der Waals surface area (Å²) < 4.78 is 10.2. The summed E-state index contributed by atoms with van der Waals surface area (Å²) in [5.41, 5.74) is -0.775. The quantitative estimate of drug-likeness (QED) is 0.788. The molecule has 0 aromatic heterocycles. The van der Waals surface area contributed by atoms with Crippen molar-refractivity contribution in [1.29, 1.82) is 0 Å². The van der Waals surface area contributed by atoms with Crippen molar-refractivity contribution in [2.45, 2.75) is 12.8 Å². The van der Waals surface area contributed by atoms with Crippen molar-refractivity contribution in [3.8, 4) is 11.5 Å². The maximum atomic E-state index is 11.9. The molecule has 1 amide bonds. The lowest BCUT2D eigenvalue weighted by molar-refractivity contribution is -0.147. The summed E-state index contributed by atoms with van der Waals surface area (Å²) in [5.74, 6) is -0.557. The molecule has 0 heterocycles. The number of amides is 1. The molecule has 102 valence electrons. The molecule has 0 atom stereocenters. The molecule has 2 rings (SSSR count). The molecule has 1 aliphatic carbocycles. The van der Waals surface area contributed by atoms with Crippen LogP contribution in [0, 0.1) is 5.41 Å². The Labute approximate surface area is 110 Å². The number of benzene rings is 1. The summed E-state index contributed by atoms with van der Waals surface area (Å²) in [6.07, 6.45) is 0.753. The Balaban J connectivity index is 2.16. The highest BCUT2D eigenvalue weighted by Gasteiger charge is 2.57. The van der Waals surface area contributed by atoms with E-state index in [2.05, 4.69) is 5.32 Å². The molecule has 1 saturated carbocycles. The molecule has 6 heteroatoms. The van der Waals surface area contributed by atoms with Gasteiger partial charge in [0.2, 0.25) is 5.91 Å². The Morgan fingerprint density at radius 1 is 1.21 bits per heavy atom. The molecule has 0 aliphatic heterocycles. The summed E-state index contributed by atoms with van der Waals surface area (Å²) >= 11 is 0. The van der Waals surface area contributed by atoms with Crippen molar-refractivity contribution in [1.82, 2.24) is 0 Å². The first-order valence-corrected chi connectivity index (χ1v) is 5.80. The van der Waals surface area contributed by atoms with Gasteiger partial charge in [0.15, 0.2) is 11.5 Å². The third kappa shape index (κ3) is 2.33. The molecule has 6 nitrogen and oxygen atoms in total. The van der Waals surface area contributed by atoms with Crippen LogP contribution in [0.3, 0.4) is 0 Å². The van der Waals surface area contributed by atoms with Crippen LogP contribution in [0.25, 0.3) is 0 Å². The summed E-state index contributed by atoms with van der Waals surface area (Å²) in [4.78, 5) is 23.0. The smallest absolute Gasteiger partial charge is 0.319 e. The number of rotatable bonds is 5. The number of carboxylic acids is 1. The van der Waals surface area contributed by atoms with E-state index in [0.29, 0.717) is 30.0 Å². The Hall–Kier alpha value is -2.24. The van der Waals surface area contributed by atoms with E-state index in [9.17, 15) is 9.59 Å². The van der Waals surface area contributed by atoms with E-state index in [0.717, 1.165) is 0 Å². The van der Waals surface area contributed by atoms with Gasteiger partial charge in [-0.15, -0.1) is 0 Å².